The lowest BCUT2D eigenvalue weighted by Crippen LogP contribution is -1.94. The van der Waals surface area contributed by atoms with Gasteiger partial charge in [0.25, 0.3) is 0 Å². The number of nitrogens with one attached hydrogen (secondary N) is 1. The minimum absolute atomic E-state index is 0.803. The van der Waals surface area contributed by atoms with E-state index in [-0.39, 0.29) is 0 Å². The lowest BCUT2D eigenvalue weighted by atomic mass is 10.2. The van der Waals surface area contributed by atoms with Crippen molar-refractivity contribution in [3.05, 3.63) is 22.2 Å². The maximum Gasteiger partial charge on any atom is 0.0676 e. The molecule has 0 amide bonds. The van der Waals surface area contributed by atoms with Gasteiger partial charge in [0.1, 0.15) is 0 Å². The summed E-state index contributed by atoms with van der Waals surface area (Å²) in [6.07, 6.45) is 5.41. The van der Waals surface area contributed by atoms with E-state index >= 15 is 0 Å². The molecule has 2 rings (SSSR count). The van der Waals surface area contributed by atoms with E-state index in [1.54, 1.807) is 12.4 Å². The Morgan fingerprint density at radius 2 is 2.27 bits per heavy atom. The van der Waals surface area contributed by atoms with Gasteiger partial charge in [0.2, 0.25) is 0 Å². The Hall–Kier alpha value is -0.780. The summed E-state index contributed by atoms with van der Waals surface area (Å²) in [5.41, 5.74) is 8.58. The first-order valence-corrected chi connectivity index (χ1v) is 4.23. The van der Waals surface area contributed by atoms with Crippen LogP contribution in [0.2, 0.25) is 0 Å². The fourth-order valence-electron chi connectivity index (χ4n) is 1.00. The van der Waals surface area contributed by atoms with Crippen LogP contribution in [0, 0.1) is 3.57 Å². The fraction of sp³-hybridized carbons (Fsp3) is 0. The Morgan fingerprint density at radius 1 is 1.45 bits per heavy atom. The molecule has 56 valence electrons. The van der Waals surface area contributed by atoms with Crippen LogP contribution < -0.4 is 5.73 Å². The Kier molecular flexibility index (Phi) is 1.49. The molecule has 3 nitrogen and oxygen atoms in total. The van der Waals surface area contributed by atoms with Gasteiger partial charge >= 0.3 is 0 Å². The number of rotatable bonds is 0. The molecular formula is C7H6IN3. The molecule has 0 unspecified atom stereocenters. The summed E-state index contributed by atoms with van der Waals surface area (Å²) in [4.78, 5) is 7.08. The Labute approximate surface area is 77.5 Å². The molecule has 0 aromatic rings. The van der Waals surface area contributed by atoms with Crippen LogP contribution in [0.25, 0.3) is 11.3 Å². The zero-order valence-electron chi connectivity index (χ0n) is 5.63. The molecule has 0 aromatic heterocycles. The highest BCUT2D eigenvalue weighted by molar-refractivity contribution is 14.1. The maximum absolute atomic E-state index is 5.80. The van der Waals surface area contributed by atoms with Crippen LogP contribution in [0.5, 0.6) is 0 Å². The van der Waals surface area contributed by atoms with Gasteiger partial charge in [-0.1, -0.05) is 0 Å². The van der Waals surface area contributed by atoms with Gasteiger partial charge in [0.15, 0.2) is 0 Å². The first kappa shape index (κ1) is 6.90. The van der Waals surface area contributed by atoms with Crippen molar-refractivity contribution < 1.29 is 0 Å². The van der Waals surface area contributed by atoms with Crippen LogP contribution in [0.1, 0.15) is 0 Å². The van der Waals surface area contributed by atoms with Crippen LogP contribution in [0.15, 0.2) is 18.6 Å². The minimum atomic E-state index is 0.803. The zero-order chi connectivity index (χ0) is 7.84. The molecule has 0 atom stereocenters. The zero-order valence-corrected chi connectivity index (χ0v) is 7.79. The van der Waals surface area contributed by atoms with Crippen LogP contribution in [-0.4, -0.2) is 9.97 Å². The van der Waals surface area contributed by atoms with E-state index in [9.17, 15) is 0 Å². The summed E-state index contributed by atoms with van der Waals surface area (Å²) in [5, 5.41) is 0. The van der Waals surface area contributed by atoms with Crippen molar-refractivity contribution in [3.63, 3.8) is 0 Å². The number of hydrogen-bond acceptors (Lipinski definition) is 2. The van der Waals surface area contributed by atoms with Gasteiger partial charge in [-0.15, -0.1) is 0 Å². The second-order valence-corrected chi connectivity index (χ2v) is 3.45. The molecule has 0 aliphatic carbocycles. The Balaban J connectivity index is 2.81. The van der Waals surface area contributed by atoms with Crippen molar-refractivity contribution in [2.24, 2.45) is 0 Å². The van der Waals surface area contributed by atoms with Crippen LogP contribution in [0.3, 0.4) is 0 Å². The van der Waals surface area contributed by atoms with Crippen molar-refractivity contribution in [1.29, 1.82) is 0 Å². The smallest absolute Gasteiger partial charge is 0.0676 e. The standard InChI is InChI=1S/C7H6IN3/c8-5-2-11-6-3-10-1-4(6)7(5)9/h1-3,11H,9H2. The number of fused-ring (bicyclic) bond motifs is 1. The number of aromatic amines is 1. The van der Waals surface area contributed by atoms with Gasteiger partial charge in [-0.2, -0.15) is 0 Å². The predicted octanol–water partition coefficient (Wildman–Crippen LogP) is 1.70. The highest BCUT2D eigenvalue weighted by Gasteiger charge is 2.08. The molecule has 11 heavy (non-hydrogen) atoms. The highest BCUT2D eigenvalue weighted by Crippen LogP contribution is 2.28. The number of nitrogen functional groups attached to an aromatic ring is 1. The number of pyridine rings is 1. The number of nitrogens with two attached hydrogens (primary N) is 1. The average Bonchev–Trinajstić information content (AvgIpc) is 2.45. The molecule has 2 heterocycles. The lowest BCUT2D eigenvalue weighted by molar-refractivity contribution is 1.31. The second-order valence-electron chi connectivity index (χ2n) is 2.28. The third kappa shape index (κ3) is 0.973. The number of anilines is 1. The molecule has 0 saturated carbocycles. The van der Waals surface area contributed by atoms with E-state index < -0.39 is 0 Å². The van der Waals surface area contributed by atoms with E-state index in [0.717, 1.165) is 20.5 Å². The largest absolute Gasteiger partial charge is 0.397 e. The molecule has 4 heteroatoms. The topological polar surface area (TPSA) is 54.7 Å². The number of aromatic nitrogens is 2. The predicted molar refractivity (Wildman–Crippen MR) is 52.3 cm³/mol. The number of H-pyrrole nitrogens is 1. The van der Waals surface area contributed by atoms with Crippen LogP contribution >= 0.6 is 22.6 Å². The maximum atomic E-state index is 5.80. The Bertz CT molecular complexity index is 355. The van der Waals surface area contributed by atoms with Crippen molar-refractivity contribution in [2.45, 2.75) is 0 Å². The summed E-state index contributed by atoms with van der Waals surface area (Å²) in [6.45, 7) is 0. The first-order valence-electron chi connectivity index (χ1n) is 3.15. The van der Waals surface area contributed by atoms with Gasteiger partial charge in [-0.25, -0.2) is 0 Å². The Morgan fingerprint density at radius 3 is 3.09 bits per heavy atom. The van der Waals surface area contributed by atoms with Crippen LogP contribution in [0.4, 0.5) is 5.69 Å². The SMILES string of the molecule is Nc1c(I)c[nH]c2cncc1-2. The van der Waals surface area contributed by atoms with Gasteiger partial charge in [0.05, 0.1) is 21.1 Å². The molecule has 0 radical (unpaired) electrons. The fourth-order valence-corrected chi connectivity index (χ4v) is 1.45. The molecule has 0 aromatic carbocycles. The molecule has 0 spiro atoms. The summed E-state index contributed by atoms with van der Waals surface area (Å²) in [7, 11) is 0. The number of hydrogen-bond donors (Lipinski definition) is 2. The van der Waals surface area contributed by atoms with Gasteiger partial charge < -0.3 is 10.7 Å². The monoisotopic (exact) mass is 259 g/mol. The summed E-state index contributed by atoms with van der Waals surface area (Å²) < 4.78 is 1.03. The van der Waals surface area contributed by atoms with Crippen LogP contribution in [-0.2, 0) is 0 Å². The quantitative estimate of drug-likeness (QED) is 0.707. The van der Waals surface area contributed by atoms with Crippen molar-refractivity contribution >= 4 is 28.3 Å². The van der Waals surface area contributed by atoms with E-state index in [1.807, 2.05) is 6.20 Å². The molecule has 0 bridgehead atoms. The van der Waals surface area contributed by atoms with E-state index in [4.69, 9.17) is 5.73 Å². The molecular weight excluding hydrogens is 253 g/mol. The minimum Gasteiger partial charge on any atom is -0.397 e. The van der Waals surface area contributed by atoms with Crippen molar-refractivity contribution in [2.75, 3.05) is 5.73 Å². The number of halogens is 1. The molecule has 2 aliphatic rings. The highest BCUT2D eigenvalue weighted by atomic mass is 127. The van der Waals surface area contributed by atoms with Gasteiger partial charge in [0, 0.05) is 18.0 Å². The summed E-state index contributed by atoms with van der Waals surface area (Å²) >= 11 is 2.19. The first-order chi connectivity index (χ1) is 5.29. The molecule has 0 fully saturated rings. The third-order valence-corrected chi connectivity index (χ3v) is 2.49. The van der Waals surface area contributed by atoms with E-state index in [0.29, 0.717) is 0 Å². The lowest BCUT2D eigenvalue weighted by Gasteiger charge is -2.03. The van der Waals surface area contributed by atoms with Gasteiger partial charge in [-0.3, -0.25) is 4.98 Å². The molecule has 2 aliphatic heterocycles. The number of nitrogens with zero attached hydrogens (tertiary/aromatic N) is 1. The molecule has 3 N–H and O–H groups in total. The normalized spacial score (nSPS) is 10.6. The summed E-state index contributed by atoms with van der Waals surface area (Å²) in [5.74, 6) is 0. The molecule has 0 saturated heterocycles. The third-order valence-electron chi connectivity index (χ3n) is 1.60. The van der Waals surface area contributed by atoms with Crippen molar-refractivity contribution in [3.8, 4) is 11.3 Å². The average molecular weight is 259 g/mol. The van der Waals surface area contributed by atoms with E-state index in [1.165, 1.54) is 0 Å². The van der Waals surface area contributed by atoms with Crippen molar-refractivity contribution in [1.82, 2.24) is 9.97 Å². The van der Waals surface area contributed by atoms with E-state index in [2.05, 4.69) is 32.6 Å². The summed E-state index contributed by atoms with van der Waals surface area (Å²) in [6, 6.07) is 0. The second kappa shape index (κ2) is 2.37. The van der Waals surface area contributed by atoms with Gasteiger partial charge in [-0.05, 0) is 22.6 Å².